The van der Waals surface area contributed by atoms with E-state index in [0.29, 0.717) is 18.8 Å². The fourth-order valence-corrected chi connectivity index (χ4v) is 2.84. The van der Waals surface area contributed by atoms with E-state index in [0.717, 1.165) is 32.7 Å². The predicted octanol–water partition coefficient (Wildman–Crippen LogP) is 0.495. The summed E-state index contributed by atoms with van der Waals surface area (Å²) in [6, 6.07) is 0. The fourth-order valence-electron chi connectivity index (χ4n) is 2.84. The molecule has 0 aromatic rings. The zero-order valence-electron chi connectivity index (χ0n) is 10.3. The van der Waals surface area contributed by atoms with Crippen LogP contribution in [-0.4, -0.2) is 61.7 Å². The number of hydrogen-bond acceptors (Lipinski definition) is 4. The highest BCUT2D eigenvalue weighted by atomic mass is 16.5. The highest BCUT2D eigenvalue weighted by molar-refractivity contribution is 4.88. The van der Waals surface area contributed by atoms with Gasteiger partial charge in [-0.25, -0.2) is 0 Å². The zero-order valence-corrected chi connectivity index (χ0v) is 10.3. The lowest BCUT2D eigenvalue weighted by Crippen LogP contribution is -2.50. The second kappa shape index (κ2) is 5.00. The molecule has 0 spiro atoms. The molecule has 4 nitrogen and oxygen atoms in total. The Morgan fingerprint density at radius 2 is 2.00 bits per heavy atom. The number of ether oxygens (including phenoxy) is 2. The Bertz CT molecular complexity index is 218. The van der Waals surface area contributed by atoms with E-state index >= 15 is 0 Å². The summed E-state index contributed by atoms with van der Waals surface area (Å²) < 4.78 is 11.1. The van der Waals surface area contributed by atoms with E-state index in [1.54, 1.807) is 0 Å². The molecule has 0 aromatic heterocycles. The van der Waals surface area contributed by atoms with Crippen LogP contribution in [0, 0.1) is 5.41 Å². The molecule has 2 heterocycles. The summed E-state index contributed by atoms with van der Waals surface area (Å²) in [4.78, 5) is 2.41. The van der Waals surface area contributed by atoms with E-state index in [2.05, 4.69) is 18.7 Å². The van der Waals surface area contributed by atoms with Gasteiger partial charge in [-0.3, -0.25) is 4.90 Å². The van der Waals surface area contributed by atoms with Gasteiger partial charge in [-0.05, 0) is 20.3 Å². The summed E-state index contributed by atoms with van der Waals surface area (Å²) in [7, 11) is 0. The summed E-state index contributed by atoms with van der Waals surface area (Å²) in [6.07, 6.45) is 1.56. The van der Waals surface area contributed by atoms with Crippen molar-refractivity contribution >= 4 is 0 Å². The number of hydrogen-bond donors (Lipinski definition) is 1. The second-order valence-corrected chi connectivity index (χ2v) is 5.41. The molecule has 3 atom stereocenters. The Labute approximate surface area is 97.5 Å². The normalized spacial score (nSPS) is 41.4. The van der Waals surface area contributed by atoms with E-state index in [1.165, 1.54) is 0 Å². The standard InChI is InChI=1S/C12H23NO3/c1-10-5-13(6-11(2)16-10)7-12(8-14)3-4-15-9-12/h10-11,14H,3-9H2,1-2H3/t10-,11+,12?. The Morgan fingerprint density at radius 3 is 2.50 bits per heavy atom. The minimum Gasteiger partial charge on any atom is -0.396 e. The Hall–Kier alpha value is -0.160. The van der Waals surface area contributed by atoms with Gasteiger partial charge in [0.2, 0.25) is 0 Å². The van der Waals surface area contributed by atoms with Gasteiger partial charge >= 0.3 is 0 Å². The summed E-state index contributed by atoms with van der Waals surface area (Å²) in [5, 5.41) is 9.54. The third kappa shape index (κ3) is 2.74. The molecule has 0 saturated carbocycles. The number of aliphatic hydroxyl groups is 1. The molecule has 0 aliphatic carbocycles. The van der Waals surface area contributed by atoms with Crippen LogP contribution < -0.4 is 0 Å². The van der Waals surface area contributed by atoms with Crippen LogP contribution in [0.1, 0.15) is 20.3 Å². The molecule has 2 aliphatic rings. The number of nitrogens with zero attached hydrogens (tertiary/aromatic N) is 1. The van der Waals surface area contributed by atoms with Crippen molar-refractivity contribution in [3.05, 3.63) is 0 Å². The third-order valence-electron chi connectivity index (χ3n) is 3.57. The van der Waals surface area contributed by atoms with Gasteiger partial charge in [0, 0.05) is 31.7 Å². The van der Waals surface area contributed by atoms with Crippen LogP contribution in [0.4, 0.5) is 0 Å². The van der Waals surface area contributed by atoms with E-state index in [4.69, 9.17) is 9.47 Å². The van der Waals surface area contributed by atoms with Gasteiger partial charge in [-0.15, -0.1) is 0 Å². The smallest absolute Gasteiger partial charge is 0.0678 e. The lowest BCUT2D eigenvalue weighted by molar-refractivity contribution is -0.0820. The highest BCUT2D eigenvalue weighted by Crippen LogP contribution is 2.30. The first-order valence-corrected chi connectivity index (χ1v) is 6.20. The monoisotopic (exact) mass is 229 g/mol. The van der Waals surface area contributed by atoms with E-state index in [-0.39, 0.29) is 12.0 Å². The summed E-state index contributed by atoms with van der Waals surface area (Å²) in [5.74, 6) is 0. The van der Waals surface area contributed by atoms with Gasteiger partial charge in [-0.2, -0.15) is 0 Å². The van der Waals surface area contributed by atoms with Gasteiger partial charge in [0.15, 0.2) is 0 Å². The molecule has 1 N–H and O–H groups in total. The molecule has 4 heteroatoms. The molecular formula is C12H23NO3. The van der Waals surface area contributed by atoms with Crippen LogP contribution in [-0.2, 0) is 9.47 Å². The maximum absolute atomic E-state index is 9.54. The van der Waals surface area contributed by atoms with Crippen LogP contribution in [0.5, 0.6) is 0 Å². The number of morpholine rings is 1. The van der Waals surface area contributed by atoms with Crippen LogP contribution in [0.3, 0.4) is 0 Å². The molecule has 1 unspecified atom stereocenters. The van der Waals surface area contributed by atoms with Gasteiger partial charge < -0.3 is 14.6 Å². The maximum atomic E-state index is 9.54. The predicted molar refractivity (Wildman–Crippen MR) is 61.4 cm³/mol. The molecule has 2 fully saturated rings. The van der Waals surface area contributed by atoms with Crippen molar-refractivity contribution in [2.24, 2.45) is 5.41 Å². The van der Waals surface area contributed by atoms with Crippen molar-refractivity contribution < 1.29 is 14.6 Å². The first kappa shape index (κ1) is 12.3. The first-order valence-electron chi connectivity index (χ1n) is 6.20. The van der Waals surface area contributed by atoms with Crippen LogP contribution in [0.15, 0.2) is 0 Å². The average molecular weight is 229 g/mol. The molecule has 0 radical (unpaired) electrons. The van der Waals surface area contributed by atoms with Crippen LogP contribution in [0.25, 0.3) is 0 Å². The summed E-state index contributed by atoms with van der Waals surface area (Å²) in [6.45, 7) is 8.80. The molecule has 2 saturated heterocycles. The number of rotatable bonds is 3. The first-order chi connectivity index (χ1) is 7.63. The van der Waals surface area contributed by atoms with Crippen molar-refractivity contribution in [2.45, 2.75) is 32.5 Å². The lowest BCUT2D eigenvalue weighted by Gasteiger charge is -2.39. The largest absolute Gasteiger partial charge is 0.396 e. The van der Waals surface area contributed by atoms with Crippen molar-refractivity contribution in [2.75, 3.05) is 39.5 Å². The number of aliphatic hydroxyl groups excluding tert-OH is 1. The lowest BCUT2D eigenvalue weighted by atomic mass is 9.87. The molecule has 0 amide bonds. The summed E-state index contributed by atoms with van der Waals surface area (Å²) in [5.41, 5.74) is -0.0310. The molecule has 0 bridgehead atoms. The SMILES string of the molecule is C[C@@H]1CN(CC2(CO)CCOC2)C[C@H](C)O1. The molecular weight excluding hydrogens is 206 g/mol. The average Bonchev–Trinajstić information content (AvgIpc) is 2.65. The van der Waals surface area contributed by atoms with Gasteiger partial charge in [0.25, 0.3) is 0 Å². The Balaban J connectivity index is 1.92. The molecule has 0 aromatic carbocycles. The van der Waals surface area contributed by atoms with E-state index < -0.39 is 0 Å². The second-order valence-electron chi connectivity index (χ2n) is 5.41. The van der Waals surface area contributed by atoms with Gasteiger partial charge in [-0.1, -0.05) is 0 Å². The highest BCUT2D eigenvalue weighted by Gasteiger charge is 2.37. The van der Waals surface area contributed by atoms with Gasteiger partial charge in [0.05, 0.1) is 25.4 Å². The van der Waals surface area contributed by atoms with Crippen molar-refractivity contribution in [1.29, 1.82) is 0 Å². The topological polar surface area (TPSA) is 41.9 Å². The van der Waals surface area contributed by atoms with Crippen molar-refractivity contribution in [3.8, 4) is 0 Å². The Kier molecular flexibility index (Phi) is 3.85. The third-order valence-corrected chi connectivity index (χ3v) is 3.57. The fraction of sp³-hybridized carbons (Fsp3) is 1.00. The van der Waals surface area contributed by atoms with E-state index in [1.807, 2.05) is 0 Å². The minimum atomic E-state index is -0.0310. The maximum Gasteiger partial charge on any atom is 0.0678 e. The zero-order chi connectivity index (χ0) is 11.6. The van der Waals surface area contributed by atoms with Gasteiger partial charge in [0.1, 0.15) is 0 Å². The minimum absolute atomic E-state index is 0.0310. The summed E-state index contributed by atoms with van der Waals surface area (Å²) >= 11 is 0. The Morgan fingerprint density at radius 1 is 1.31 bits per heavy atom. The molecule has 2 rings (SSSR count). The quantitative estimate of drug-likeness (QED) is 0.765. The van der Waals surface area contributed by atoms with Crippen molar-refractivity contribution in [3.63, 3.8) is 0 Å². The van der Waals surface area contributed by atoms with Crippen molar-refractivity contribution in [1.82, 2.24) is 4.90 Å². The molecule has 94 valence electrons. The van der Waals surface area contributed by atoms with Crippen LogP contribution >= 0.6 is 0 Å². The van der Waals surface area contributed by atoms with E-state index in [9.17, 15) is 5.11 Å². The molecule has 2 aliphatic heterocycles. The van der Waals surface area contributed by atoms with Crippen LogP contribution in [0.2, 0.25) is 0 Å². The molecule has 16 heavy (non-hydrogen) atoms.